The van der Waals surface area contributed by atoms with Crippen LogP contribution in [0.15, 0.2) is 0 Å². The average molecular weight is 140 g/mol. The maximum absolute atomic E-state index is 2.45. The molecule has 0 aromatic heterocycles. The van der Waals surface area contributed by atoms with Gasteiger partial charge >= 0.3 is 0 Å². The summed E-state index contributed by atoms with van der Waals surface area (Å²) in [6.45, 7) is 9.55. The molecule has 0 N–H and O–H groups in total. The summed E-state index contributed by atoms with van der Waals surface area (Å²) in [5, 5.41) is 0. The van der Waals surface area contributed by atoms with Crippen LogP contribution < -0.4 is 0 Å². The standard InChI is InChI=1S/C10H20/c1-5-6-10(4)8(2)7-9(10)3/h8-9H,5-7H2,1-4H3. The maximum Gasteiger partial charge on any atom is -0.0274 e. The molecule has 0 spiro atoms. The van der Waals surface area contributed by atoms with Gasteiger partial charge in [0.2, 0.25) is 0 Å². The van der Waals surface area contributed by atoms with Gasteiger partial charge in [0.1, 0.15) is 0 Å². The lowest BCUT2D eigenvalue weighted by molar-refractivity contribution is -0.0224. The van der Waals surface area contributed by atoms with Crippen molar-refractivity contribution in [1.82, 2.24) is 0 Å². The molecule has 2 unspecified atom stereocenters. The molecule has 1 fully saturated rings. The van der Waals surface area contributed by atoms with Crippen LogP contribution in [-0.2, 0) is 0 Å². The van der Waals surface area contributed by atoms with E-state index in [0.717, 1.165) is 11.8 Å². The van der Waals surface area contributed by atoms with E-state index in [9.17, 15) is 0 Å². The molecule has 0 bridgehead atoms. The normalized spacial score (nSPS) is 46.8. The van der Waals surface area contributed by atoms with Crippen molar-refractivity contribution in [1.29, 1.82) is 0 Å². The predicted octanol–water partition coefficient (Wildman–Crippen LogP) is 3.47. The Bertz CT molecular complexity index is 107. The van der Waals surface area contributed by atoms with Gasteiger partial charge in [0.05, 0.1) is 0 Å². The quantitative estimate of drug-likeness (QED) is 0.551. The Hall–Kier alpha value is 0. The fraction of sp³-hybridized carbons (Fsp3) is 1.00. The molecule has 1 aliphatic carbocycles. The van der Waals surface area contributed by atoms with E-state index < -0.39 is 0 Å². The minimum Gasteiger partial charge on any atom is -0.0654 e. The summed E-state index contributed by atoms with van der Waals surface area (Å²) in [4.78, 5) is 0. The van der Waals surface area contributed by atoms with E-state index in [1.165, 1.54) is 19.3 Å². The van der Waals surface area contributed by atoms with Gasteiger partial charge in [-0.15, -0.1) is 0 Å². The molecule has 0 aromatic rings. The zero-order chi connectivity index (χ0) is 7.78. The van der Waals surface area contributed by atoms with Gasteiger partial charge in [-0.05, 0) is 30.1 Å². The van der Waals surface area contributed by atoms with Gasteiger partial charge in [-0.2, -0.15) is 0 Å². The first-order valence-corrected chi connectivity index (χ1v) is 4.61. The lowest BCUT2D eigenvalue weighted by Crippen LogP contribution is -2.43. The van der Waals surface area contributed by atoms with E-state index in [-0.39, 0.29) is 0 Å². The topological polar surface area (TPSA) is 0 Å². The van der Waals surface area contributed by atoms with Gasteiger partial charge in [0.15, 0.2) is 0 Å². The highest BCUT2D eigenvalue weighted by Gasteiger charge is 2.44. The third-order valence-corrected chi connectivity index (χ3v) is 3.75. The van der Waals surface area contributed by atoms with E-state index in [4.69, 9.17) is 0 Å². The minimum absolute atomic E-state index is 0.689. The lowest BCUT2D eigenvalue weighted by Gasteiger charge is -2.52. The van der Waals surface area contributed by atoms with Crippen LogP contribution >= 0.6 is 0 Å². The Morgan fingerprint density at radius 2 is 1.80 bits per heavy atom. The summed E-state index contributed by atoms with van der Waals surface area (Å²) in [6.07, 6.45) is 4.23. The van der Waals surface area contributed by atoms with Crippen LogP contribution in [-0.4, -0.2) is 0 Å². The zero-order valence-electron chi connectivity index (χ0n) is 7.78. The molecular weight excluding hydrogens is 120 g/mol. The molecule has 0 heteroatoms. The molecule has 0 saturated heterocycles. The summed E-state index contributed by atoms with van der Waals surface area (Å²) < 4.78 is 0. The smallest absolute Gasteiger partial charge is 0.0274 e. The first-order valence-electron chi connectivity index (χ1n) is 4.61. The lowest BCUT2D eigenvalue weighted by atomic mass is 9.53. The van der Waals surface area contributed by atoms with E-state index in [0.29, 0.717) is 5.41 Å². The van der Waals surface area contributed by atoms with Crippen molar-refractivity contribution in [2.24, 2.45) is 17.3 Å². The first kappa shape index (κ1) is 8.10. The van der Waals surface area contributed by atoms with Gasteiger partial charge in [0.25, 0.3) is 0 Å². The molecule has 0 nitrogen and oxygen atoms in total. The summed E-state index contributed by atoms with van der Waals surface area (Å²) >= 11 is 0. The second-order valence-corrected chi connectivity index (χ2v) is 4.29. The summed E-state index contributed by atoms with van der Waals surface area (Å²) in [6, 6.07) is 0. The van der Waals surface area contributed by atoms with Crippen molar-refractivity contribution in [3.8, 4) is 0 Å². The molecule has 0 radical (unpaired) electrons. The van der Waals surface area contributed by atoms with Gasteiger partial charge in [-0.3, -0.25) is 0 Å². The van der Waals surface area contributed by atoms with E-state index in [2.05, 4.69) is 27.7 Å². The highest BCUT2D eigenvalue weighted by molar-refractivity contribution is 4.94. The second-order valence-electron chi connectivity index (χ2n) is 4.29. The van der Waals surface area contributed by atoms with Crippen LogP contribution in [0.25, 0.3) is 0 Å². The van der Waals surface area contributed by atoms with Gasteiger partial charge in [0, 0.05) is 0 Å². The molecule has 0 amide bonds. The Labute approximate surface area is 65.0 Å². The first-order chi connectivity index (χ1) is 4.61. The van der Waals surface area contributed by atoms with Crippen LogP contribution in [0.1, 0.15) is 47.0 Å². The molecule has 1 aliphatic rings. The molecule has 10 heavy (non-hydrogen) atoms. The van der Waals surface area contributed by atoms with Crippen LogP contribution in [0, 0.1) is 17.3 Å². The average Bonchev–Trinajstić information content (AvgIpc) is 1.89. The van der Waals surface area contributed by atoms with Crippen molar-refractivity contribution in [3.63, 3.8) is 0 Å². The largest absolute Gasteiger partial charge is 0.0654 e. The van der Waals surface area contributed by atoms with E-state index >= 15 is 0 Å². The molecule has 0 aliphatic heterocycles. The number of hydrogen-bond acceptors (Lipinski definition) is 0. The SMILES string of the molecule is CCCC1(C)C(C)CC1C. The zero-order valence-corrected chi connectivity index (χ0v) is 7.78. The van der Waals surface area contributed by atoms with Gasteiger partial charge in [-0.25, -0.2) is 0 Å². The maximum atomic E-state index is 2.45. The fourth-order valence-corrected chi connectivity index (χ4v) is 2.43. The Morgan fingerprint density at radius 3 is 2.00 bits per heavy atom. The fourth-order valence-electron chi connectivity index (χ4n) is 2.43. The van der Waals surface area contributed by atoms with Gasteiger partial charge < -0.3 is 0 Å². The third kappa shape index (κ3) is 0.980. The van der Waals surface area contributed by atoms with Crippen molar-refractivity contribution in [3.05, 3.63) is 0 Å². The van der Waals surface area contributed by atoms with Crippen molar-refractivity contribution in [2.75, 3.05) is 0 Å². The number of hydrogen-bond donors (Lipinski definition) is 0. The molecular formula is C10H20. The molecule has 1 saturated carbocycles. The molecule has 1 rings (SSSR count). The highest BCUT2D eigenvalue weighted by atomic mass is 14.5. The second kappa shape index (κ2) is 2.56. The molecule has 2 atom stereocenters. The molecule has 60 valence electrons. The third-order valence-electron chi connectivity index (χ3n) is 3.75. The van der Waals surface area contributed by atoms with Crippen LogP contribution in [0.5, 0.6) is 0 Å². The Morgan fingerprint density at radius 1 is 1.30 bits per heavy atom. The van der Waals surface area contributed by atoms with Crippen LogP contribution in [0.2, 0.25) is 0 Å². The molecule has 0 aromatic carbocycles. The summed E-state index contributed by atoms with van der Waals surface area (Å²) in [7, 11) is 0. The van der Waals surface area contributed by atoms with E-state index in [1.54, 1.807) is 0 Å². The number of rotatable bonds is 2. The minimum atomic E-state index is 0.689. The molecule has 0 heterocycles. The monoisotopic (exact) mass is 140 g/mol. The predicted molar refractivity (Wildman–Crippen MR) is 46.0 cm³/mol. The Kier molecular flexibility index (Phi) is 2.07. The highest BCUT2D eigenvalue weighted by Crippen LogP contribution is 2.53. The summed E-state index contributed by atoms with van der Waals surface area (Å²) in [5.41, 5.74) is 0.689. The van der Waals surface area contributed by atoms with Crippen molar-refractivity contribution >= 4 is 0 Å². The van der Waals surface area contributed by atoms with Gasteiger partial charge in [-0.1, -0.05) is 34.1 Å². The van der Waals surface area contributed by atoms with E-state index in [1.807, 2.05) is 0 Å². The van der Waals surface area contributed by atoms with Crippen molar-refractivity contribution < 1.29 is 0 Å². The van der Waals surface area contributed by atoms with Crippen LogP contribution in [0.3, 0.4) is 0 Å². The van der Waals surface area contributed by atoms with Crippen molar-refractivity contribution in [2.45, 2.75) is 47.0 Å². The Balaban J connectivity index is 2.48. The summed E-state index contributed by atoms with van der Waals surface area (Å²) in [5.74, 6) is 1.95. The van der Waals surface area contributed by atoms with Crippen LogP contribution in [0.4, 0.5) is 0 Å².